The number of ketones is 2. The third-order valence-electron chi connectivity index (χ3n) is 7.38. The van der Waals surface area contributed by atoms with Crippen LogP contribution in [0.25, 0.3) is 21.8 Å². The summed E-state index contributed by atoms with van der Waals surface area (Å²) >= 11 is 0. The first-order valence-corrected chi connectivity index (χ1v) is 13.0. The van der Waals surface area contributed by atoms with Crippen LogP contribution in [0.1, 0.15) is 35.8 Å². The van der Waals surface area contributed by atoms with Crippen molar-refractivity contribution >= 4 is 45.3 Å². The number of carbonyl (C=O) groups excluding carboxylic acids is 4. The minimum absolute atomic E-state index is 0.396. The standard InChI is InChI=1S/C32H26N2O8/c1-41-25(35)15-21(17-7-9-23-19(13-17)5-3-11-33-23)27-29(37)31(39)28(32(40)30(27)38)22(16-26(36)42-2)18-8-10-24-20(14-18)6-4-12-34-24/h3-14,21-22,37,40H,15-16H2,1-2H3/t21-,22-/m1/s1. The van der Waals surface area contributed by atoms with Gasteiger partial charge in [-0.3, -0.25) is 29.1 Å². The summed E-state index contributed by atoms with van der Waals surface area (Å²) in [4.78, 5) is 61.0. The zero-order chi connectivity index (χ0) is 30.0. The van der Waals surface area contributed by atoms with Crippen LogP contribution in [0.15, 0.2) is 95.7 Å². The number of Topliss-reactive ketones (excluding diaryl/α,β-unsaturated/α-hetero) is 2. The quantitative estimate of drug-likeness (QED) is 0.229. The van der Waals surface area contributed by atoms with Crippen molar-refractivity contribution in [3.63, 3.8) is 0 Å². The van der Waals surface area contributed by atoms with Crippen LogP contribution < -0.4 is 0 Å². The van der Waals surface area contributed by atoms with Gasteiger partial charge in [-0.1, -0.05) is 24.3 Å². The largest absolute Gasteiger partial charge is 0.504 e. The number of nitrogens with zero attached hydrogens (tertiary/aromatic N) is 2. The number of benzene rings is 2. The molecular weight excluding hydrogens is 540 g/mol. The molecule has 2 aromatic heterocycles. The molecule has 42 heavy (non-hydrogen) atoms. The molecule has 0 radical (unpaired) electrons. The highest BCUT2D eigenvalue weighted by Crippen LogP contribution is 2.41. The Hall–Kier alpha value is -5.38. The third-order valence-corrected chi connectivity index (χ3v) is 7.38. The van der Waals surface area contributed by atoms with Gasteiger partial charge in [-0.25, -0.2) is 0 Å². The Bertz CT molecular complexity index is 1690. The number of aromatic nitrogens is 2. The molecule has 10 nitrogen and oxygen atoms in total. The maximum atomic E-state index is 13.8. The monoisotopic (exact) mass is 566 g/mol. The number of hydrogen-bond donors (Lipinski definition) is 2. The first-order valence-electron chi connectivity index (χ1n) is 13.0. The van der Waals surface area contributed by atoms with Gasteiger partial charge in [0.15, 0.2) is 11.5 Å². The molecule has 2 N–H and O–H groups in total. The SMILES string of the molecule is COC(=O)C[C@@H](C1=C(O)C(=O)C([C@H](CC(=O)OC)c2ccc3ncccc3c2)=C(O)C1=O)c1ccc2ncccc2c1. The van der Waals surface area contributed by atoms with E-state index in [1.807, 2.05) is 0 Å². The summed E-state index contributed by atoms with van der Waals surface area (Å²) in [5.74, 6) is -7.60. The molecule has 212 valence electrons. The molecule has 2 aromatic carbocycles. The fraction of sp³-hybridized carbons (Fsp3) is 0.188. The van der Waals surface area contributed by atoms with Gasteiger partial charge in [0.25, 0.3) is 0 Å². The lowest BCUT2D eigenvalue weighted by Gasteiger charge is -2.27. The Kier molecular flexibility index (Phi) is 7.79. The number of pyridine rings is 2. The van der Waals surface area contributed by atoms with E-state index >= 15 is 0 Å². The fourth-order valence-corrected chi connectivity index (χ4v) is 5.26. The maximum absolute atomic E-state index is 13.8. The van der Waals surface area contributed by atoms with Crippen molar-refractivity contribution in [1.82, 2.24) is 9.97 Å². The Balaban J connectivity index is 1.63. The lowest BCUT2D eigenvalue weighted by Crippen LogP contribution is -2.31. The molecule has 0 aliphatic heterocycles. The second-order valence-corrected chi connectivity index (χ2v) is 9.76. The fourth-order valence-electron chi connectivity index (χ4n) is 5.26. The summed E-state index contributed by atoms with van der Waals surface area (Å²) in [7, 11) is 2.36. The molecule has 0 spiro atoms. The van der Waals surface area contributed by atoms with Gasteiger partial charge in [-0.05, 0) is 47.5 Å². The van der Waals surface area contributed by atoms with Gasteiger partial charge in [0.05, 0.1) is 49.2 Å². The van der Waals surface area contributed by atoms with E-state index in [2.05, 4.69) is 9.97 Å². The minimum Gasteiger partial charge on any atom is -0.504 e. The van der Waals surface area contributed by atoms with Gasteiger partial charge >= 0.3 is 11.9 Å². The smallest absolute Gasteiger partial charge is 0.306 e. The number of hydrogen-bond acceptors (Lipinski definition) is 10. The van der Waals surface area contributed by atoms with Crippen molar-refractivity contribution in [1.29, 1.82) is 0 Å². The zero-order valence-corrected chi connectivity index (χ0v) is 22.7. The number of methoxy groups -OCH3 is 2. The van der Waals surface area contributed by atoms with Crippen molar-refractivity contribution in [2.45, 2.75) is 24.7 Å². The number of aliphatic hydroxyl groups excluding tert-OH is 2. The highest BCUT2D eigenvalue weighted by Gasteiger charge is 2.43. The van der Waals surface area contributed by atoms with Crippen LogP contribution >= 0.6 is 0 Å². The van der Waals surface area contributed by atoms with Crippen LogP contribution in [0, 0.1) is 0 Å². The zero-order valence-electron chi connectivity index (χ0n) is 22.7. The summed E-state index contributed by atoms with van der Waals surface area (Å²) in [5, 5.41) is 23.9. The van der Waals surface area contributed by atoms with Crippen LogP contribution in [0.3, 0.4) is 0 Å². The predicted molar refractivity (Wildman–Crippen MR) is 152 cm³/mol. The summed E-state index contributed by atoms with van der Waals surface area (Å²) < 4.78 is 9.66. The van der Waals surface area contributed by atoms with Crippen LogP contribution in [0.2, 0.25) is 0 Å². The lowest BCUT2D eigenvalue weighted by atomic mass is 9.75. The van der Waals surface area contributed by atoms with Gasteiger partial charge < -0.3 is 19.7 Å². The maximum Gasteiger partial charge on any atom is 0.306 e. The number of carbonyl (C=O) groups is 4. The van der Waals surface area contributed by atoms with E-state index in [4.69, 9.17) is 9.47 Å². The van der Waals surface area contributed by atoms with Gasteiger partial charge in [0.1, 0.15) is 0 Å². The molecule has 0 saturated carbocycles. The molecule has 2 atom stereocenters. The average Bonchev–Trinajstić information content (AvgIpc) is 3.02. The number of esters is 2. The van der Waals surface area contributed by atoms with Crippen molar-refractivity contribution < 1.29 is 38.9 Å². The van der Waals surface area contributed by atoms with Gasteiger partial charge in [-0.2, -0.15) is 0 Å². The van der Waals surface area contributed by atoms with Crippen LogP contribution in [-0.4, -0.2) is 57.9 Å². The van der Waals surface area contributed by atoms with Gasteiger partial charge in [-0.15, -0.1) is 0 Å². The van der Waals surface area contributed by atoms with E-state index in [0.717, 1.165) is 0 Å². The molecule has 0 unspecified atom stereocenters. The lowest BCUT2D eigenvalue weighted by molar-refractivity contribution is -0.142. The van der Waals surface area contributed by atoms with Crippen molar-refractivity contribution in [2.24, 2.45) is 0 Å². The summed E-state index contributed by atoms with van der Waals surface area (Å²) in [6, 6.07) is 17.0. The Morgan fingerprint density at radius 3 is 1.48 bits per heavy atom. The number of fused-ring (bicyclic) bond motifs is 2. The molecule has 5 rings (SSSR count). The van der Waals surface area contributed by atoms with Crippen molar-refractivity contribution in [3.8, 4) is 0 Å². The Morgan fingerprint density at radius 1 is 0.690 bits per heavy atom. The topological polar surface area (TPSA) is 153 Å². The van der Waals surface area contributed by atoms with Crippen LogP contribution in [0.4, 0.5) is 0 Å². The normalized spacial score (nSPS) is 15.2. The molecule has 1 aliphatic rings. The molecular formula is C32H26N2O8. The predicted octanol–water partition coefficient (Wildman–Crippen LogP) is 4.55. The highest BCUT2D eigenvalue weighted by molar-refractivity contribution is 6.24. The molecule has 2 heterocycles. The molecule has 4 aromatic rings. The first kappa shape index (κ1) is 28.2. The van der Waals surface area contributed by atoms with Crippen molar-refractivity contribution in [2.75, 3.05) is 14.2 Å². The first-order chi connectivity index (χ1) is 20.2. The Morgan fingerprint density at radius 2 is 1.10 bits per heavy atom. The highest BCUT2D eigenvalue weighted by atomic mass is 16.5. The van der Waals surface area contributed by atoms with E-state index in [-0.39, 0.29) is 0 Å². The molecule has 1 aliphatic carbocycles. The van der Waals surface area contributed by atoms with Gasteiger partial charge in [0.2, 0.25) is 11.6 Å². The van der Waals surface area contributed by atoms with Crippen LogP contribution in [-0.2, 0) is 28.7 Å². The second-order valence-electron chi connectivity index (χ2n) is 9.76. The second kappa shape index (κ2) is 11.6. The minimum atomic E-state index is -1.13. The molecule has 0 bridgehead atoms. The average molecular weight is 567 g/mol. The Labute approximate surface area is 239 Å². The van der Waals surface area contributed by atoms with E-state index in [0.29, 0.717) is 32.9 Å². The van der Waals surface area contributed by atoms with Crippen molar-refractivity contribution in [3.05, 3.63) is 107 Å². The molecule has 10 heteroatoms. The number of allylic oxidation sites excluding steroid dienone is 2. The van der Waals surface area contributed by atoms with Crippen LogP contribution in [0.5, 0.6) is 0 Å². The summed E-state index contributed by atoms with van der Waals surface area (Å²) in [6.45, 7) is 0. The summed E-state index contributed by atoms with van der Waals surface area (Å²) in [6.07, 6.45) is 2.44. The number of ether oxygens (including phenoxy) is 2. The summed E-state index contributed by atoms with van der Waals surface area (Å²) in [5.41, 5.74) is 1.26. The van der Waals surface area contributed by atoms with Gasteiger partial charge in [0, 0.05) is 35.0 Å². The third kappa shape index (κ3) is 5.22. The molecule has 0 saturated heterocycles. The number of rotatable bonds is 8. The molecule has 0 fully saturated rings. The van der Waals surface area contributed by atoms with E-state index in [1.54, 1.807) is 73.1 Å². The van der Waals surface area contributed by atoms with E-state index in [1.165, 1.54) is 14.2 Å². The van der Waals surface area contributed by atoms with E-state index in [9.17, 15) is 29.4 Å². The van der Waals surface area contributed by atoms with E-state index < -0.39 is 70.8 Å². The molecule has 0 amide bonds. The number of aliphatic hydroxyl groups is 2.